The molecule has 1 unspecified atom stereocenters. The molecule has 1 atom stereocenters. The van der Waals surface area contributed by atoms with Crippen molar-refractivity contribution < 1.29 is 0 Å². The van der Waals surface area contributed by atoms with Crippen molar-refractivity contribution >= 4 is 14.1 Å². The van der Waals surface area contributed by atoms with Crippen molar-refractivity contribution in [2.24, 2.45) is 0 Å². The molecule has 1 rings (SSSR count). The van der Waals surface area contributed by atoms with E-state index in [4.69, 9.17) is 0 Å². The average molecular weight is 232 g/mol. The van der Waals surface area contributed by atoms with Gasteiger partial charge in [0.15, 0.2) is 0 Å². The molecule has 1 aromatic carbocycles. The molecule has 0 N–H and O–H groups in total. The Morgan fingerprint density at radius 3 is 2.00 bits per heavy atom. The van der Waals surface area contributed by atoms with E-state index < -0.39 is 14.1 Å². The Bertz CT molecular complexity index is 290. The standard InChI is InChI=1S/C11H15.2C2H5.Al/c1-3-7-10(2)11-8-5-4-6-9-11;2*1-2;/h4-6,8-9H,3,7H2,1-2H3;2*1H2,2H3;. The van der Waals surface area contributed by atoms with Crippen LogP contribution < -0.4 is 0 Å². The highest BCUT2D eigenvalue weighted by Crippen LogP contribution is 2.34. The van der Waals surface area contributed by atoms with Gasteiger partial charge in [0.25, 0.3) is 14.1 Å². The third-order valence-electron chi connectivity index (χ3n) is 4.09. The Kier molecular flexibility index (Phi) is 5.59. The lowest BCUT2D eigenvalue weighted by molar-refractivity contribution is 0.572. The van der Waals surface area contributed by atoms with E-state index in [1.807, 2.05) is 0 Å². The predicted molar refractivity (Wildman–Crippen MR) is 75.4 cm³/mol. The van der Waals surface area contributed by atoms with E-state index in [9.17, 15) is 0 Å². The van der Waals surface area contributed by atoms with Crippen molar-refractivity contribution in [2.45, 2.75) is 55.4 Å². The van der Waals surface area contributed by atoms with Gasteiger partial charge in [-0.2, -0.15) is 0 Å². The van der Waals surface area contributed by atoms with Gasteiger partial charge < -0.3 is 0 Å². The van der Waals surface area contributed by atoms with Gasteiger partial charge >= 0.3 is 0 Å². The summed E-state index contributed by atoms with van der Waals surface area (Å²) < 4.78 is 0.500. The van der Waals surface area contributed by atoms with Gasteiger partial charge in [-0.15, -0.1) is 0 Å². The second-order valence-corrected chi connectivity index (χ2v) is 9.35. The van der Waals surface area contributed by atoms with Crippen LogP contribution in [0.4, 0.5) is 0 Å². The molecule has 0 nitrogen and oxygen atoms in total. The molecule has 88 valence electrons. The molecule has 0 spiro atoms. The van der Waals surface area contributed by atoms with Gasteiger partial charge in [0.2, 0.25) is 0 Å². The zero-order valence-corrected chi connectivity index (χ0v) is 12.4. The fourth-order valence-corrected chi connectivity index (χ4v) is 6.85. The molecule has 0 fully saturated rings. The highest BCUT2D eigenvalue weighted by Gasteiger charge is 2.36. The van der Waals surface area contributed by atoms with Crippen LogP contribution in [0.25, 0.3) is 0 Å². The van der Waals surface area contributed by atoms with E-state index in [1.165, 1.54) is 23.4 Å². The maximum Gasteiger partial charge on any atom is 0.274 e. The molecule has 0 amide bonds. The van der Waals surface area contributed by atoms with E-state index in [-0.39, 0.29) is 0 Å². The lowest BCUT2D eigenvalue weighted by Crippen LogP contribution is -2.39. The Morgan fingerprint density at radius 2 is 1.56 bits per heavy atom. The molecule has 0 radical (unpaired) electrons. The second-order valence-electron chi connectivity index (χ2n) is 5.05. The molecule has 0 aromatic heterocycles. The van der Waals surface area contributed by atoms with Crippen LogP contribution in [0.1, 0.15) is 46.1 Å². The minimum absolute atomic E-state index is 0.500. The molecule has 0 heterocycles. The van der Waals surface area contributed by atoms with Gasteiger partial charge in [-0.25, -0.2) is 0 Å². The largest absolute Gasteiger partial charge is 0.274 e. The maximum absolute atomic E-state index is 2.51. The number of benzene rings is 1. The SMILES string of the molecule is CCC[C](C)(c1ccccc1)[Al]([CH2]C)[CH2]C. The molecular weight excluding hydrogens is 207 g/mol. The van der Waals surface area contributed by atoms with Crippen LogP contribution in [0.5, 0.6) is 0 Å². The number of hydrogen-bond donors (Lipinski definition) is 0. The van der Waals surface area contributed by atoms with Crippen molar-refractivity contribution in [1.82, 2.24) is 0 Å². The summed E-state index contributed by atoms with van der Waals surface area (Å²) in [5, 5.41) is 2.84. The molecule has 1 aromatic rings. The summed E-state index contributed by atoms with van der Waals surface area (Å²) in [6.07, 6.45) is 2.66. The zero-order chi connectivity index (χ0) is 12.0. The van der Waals surface area contributed by atoms with Crippen molar-refractivity contribution in [3.8, 4) is 0 Å². The first-order valence-electron chi connectivity index (χ1n) is 6.74. The average Bonchev–Trinajstić information content (AvgIpc) is 2.32. The molecule has 0 saturated heterocycles. The number of rotatable bonds is 6. The summed E-state index contributed by atoms with van der Waals surface area (Å²) in [5.41, 5.74) is 1.58. The van der Waals surface area contributed by atoms with Crippen LogP contribution in [0.15, 0.2) is 30.3 Å². The second kappa shape index (κ2) is 6.48. The zero-order valence-electron chi connectivity index (χ0n) is 11.3. The maximum atomic E-state index is 2.51. The van der Waals surface area contributed by atoms with Crippen LogP contribution in [-0.4, -0.2) is 14.1 Å². The molecule has 0 aliphatic heterocycles. The normalized spacial score (nSPS) is 14.5. The van der Waals surface area contributed by atoms with Crippen LogP contribution in [0.2, 0.25) is 10.6 Å². The predicted octanol–water partition coefficient (Wildman–Crippen LogP) is 4.82. The fourth-order valence-electron chi connectivity index (χ4n) is 3.11. The Hall–Kier alpha value is -0.248. The summed E-state index contributed by atoms with van der Waals surface area (Å²) >= 11 is -0.666. The summed E-state index contributed by atoms with van der Waals surface area (Å²) in [5.74, 6) is 0. The van der Waals surface area contributed by atoms with Crippen LogP contribution in [0, 0.1) is 0 Å². The van der Waals surface area contributed by atoms with Crippen molar-refractivity contribution in [3.05, 3.63) is 35.9 Å². The third kappa shape index (κ3) is 2.90. The van der Waals surface area contributed by atoms with Crippen molar-refractivity contribution in [1.29, 1.82) is 0 Å². The number of hydrogen-bond acceptors (Lipinski definition) is 0. The van der Waals surface area contributed by atoms with E-state index in [2.05, 4.69) is 58.0 Å². The topological polar surface area (TPSA) is 0 Å². The summed E-state index contributed by atoms with van der Waals surface area (Å²) in [6.45, 7) is 9.60. The molecule has 1 heteroatoms. The molecule has 0 saturated carbocycles. The van der Waals surface area contributed by atoms with Gasteiger partial charge in [0.1, 0.15) is 0 Å². The van der Waals surface area contributed by atoms with E-state index in [0.29, 0.717) is 4.28 Å². The summed E-state index contributed by atoms with van der Waals surface area (Å²) in [4.78, 5) is 0. The van der Waals surface area contributed by atoms with Crippen LogP contribution in [-0.2, 0) is 4.28 Å². The van der Waals surface area contributed by atoms with Crippen LogP contribution in [0.3, 0.4) is 0 Å². The van der Waals surface area contributed by atoms with E-state index in [0.717, 1.165) is 0 Å². The Balaban J connectivity index is 3.05. The molecule has 0 aliphatic rings. The monoisotopic (exact) mass is 232 g/mol. The molecule has 0 bridgehead atoms. The first kappa shape index (κ1) is 13.8. The third-order valence-corrected chi connectivity index (χ3v) is 8.48. The van der Waals surface area contributed by atoms with E-state index in [1.54, 1.807) is 5.56 Å². The minimum atomic E-state index is -0.666. The Labute approximate surface area is 105 Å². The van der Waals surface area contributed by atoms with Crippen molar-refractivity contribution in [2.75, 3.05) is 0 Å². The molecular formula is C15H25Al. The fraction of sp³-hybridized carbons (Fsp3) is 0.600. The van der Waals surface area contributed by atoms with Gasteiger partial charge in [-0.3, -0.25) is 0 Å². The lowest BCUT2D eigenvalue weighted by Gasteiger charge is -2.35. The summed E-state index contributed by atoms with van der Waals surface area (Å²) in [6, 6.07) is 11.2. The lowest BCUT2D eigenvalue weighted by atomic mass is 9.95. The highest BCUT2D eigenvalue weighted by molar-refractivity contribution is 6.62. The van der Waals surface area contributed by atoms with Gasteiger partial charge in [0.05, 0.1) is 0 Å². The molecule has 16 heavy (non-hydrogen) atoms. The summed E-state index contributed by atoms with van der Waals surface area (Å²) in [7, 11) is 0. The Morgan fingerprint density at radius 1 is 1.00 bits per heavy atom. The van der Waals surface area contributed by atoms with E-state index >= 15 is 0 Å². The van der Waals surface area contributed by atoms with Gasteiger partial charge in [0, 0.05) is 0 Å². The highest BCUT2D eigenvalue weighted by atomic mass is 27.2. The first-order chi connectivity index (χ1) is 7.69. The molecule has 0 aliphatic carbocycles. The van der Waals surface area contributed by atoms with Gasteiger partial charge in [-0.1, -0.05) is 87.0 Å². The van der Waals surface area contributed by atoms with Crippen molar-refractivity contribution in [3.63, 3.8) is 0 Å². The van der Waals surface area contributed by atoms with Crippen LogP contribution >= 0.6 is 0 Å². The smallest absolute Gasteiger partial charge is 0.0961 e. The van der Waals surface area contributed by atoms with Gasteiger partial charge in [-0.05, 0) is 4.28 Å². The quantitative estimate of drug-likeness (QED) is 0.617. The minimum Gasteiger partial charge on any atom is -0.0961 e. The first-order valence-corrected chi connectivity index (χ1v) is 8.95.